The van der Waals surface area contributed by atoms with Crippen molar-refractivity contribution in [2.75, 3.05) is 0 Å². The minimum Gasteiger partial charge on any atom is -0.106 e. The summed E-state index contributed by atoms with van der Waals surface area (Å²) in [5.74, 6) is 0. The quantitative estimate of drug-likeness (QED) is 0.531. The molecule has 0 unspecified atom stereocenters. The van der Waals surface area contributed by atoms with E-state index in [-0.39, 0.29) is 0 Å². The van der Waals surface area contributed by atoms with Crippen LogP contribution in [0.2, 0.25) is 0 Å². The van der Waals surface area contributed by atoms with Gasteiger partial charge in [0, 0.05) is 0 Å². The molecule has 0 fully saturated rings. The summed E-state index contributed by atoms with van der Waals surface area (Å²) in [6.45, 7) is 12.0. The molecule has 0 radical (unpaired) electrons. The van der Waals surface area contributed by atoms with Crippen LogP contribution in [0.15, 0.2) is 74.8 Å². The highest BCUT2D eigenvalue weighted by molar-refractivity contribution is 5.81. The van der Waals surface area contributed by atoms with E-state index < -0.39 is 0 Å². The summed E-state index contributed by atoms with van der Waals surface area (Å²) in [6.07, 6.45) is 0. The van der Waals surface area contributed by atoms with Crippen LogP contribution in [0, 0.1) is 0 Å². The van der Waals surface area contributed by atoms with Gasteiger partial charge >= 0.3 is 0 Å². The molecule has 0 heteroatoms. The van der Waals surface area contributed by atoms with Crippen LogP contribution in [0.3, 0.4) is 0 Å². The first-order valence-electron chi connectivity index (χ1n) is 4.40. The fraction of sp³-hybridized carbons (Fsp3) is 0. The molecule has 0 atom stereocenters. The predicted molar refractivity (Wildman–Crippen MR) is 66.5 cm³/mol. The number of hydrogen-bond acceptors (Lipinski definition) is 0. The number of hydrogen-bond donors (Lipinski definition) is 0. The summed E-state index contributed by atoms with van der Waals surface area (Å²) in [5.41, 5.74) is 0. The van der Waals surface area contributed by atoms with Gasteiger partial charge in [0.15, 0.2) is 0 Å². The SMILES string of the molecule is C=C.C=C.c1ccc2ccccc2c1. The summed E-state index contributed by atoms with van der Waals surface area (Å²) < 4.78 is 0. The largest absolute Gasteiger partial charge is 0.106 e. The van der Waals surface area contributed by atoms with E-state index in [1.165, 1.54) is 10.8 Å². The van der Waals surface area contributed by atoms with Crippen molar-refractivity contribution in [3.8, 4) is 0 Å². The van der Waals surface area contributed by atoms with Crippen LogP contribution in [0.1, 0.15) is 0 Å². The van der Waals surface area contributed by atoms with Gasteiger partial charge in [-0.15, -0.1) is 26.3 Å². The van der Waals surface area contributed by atoms with E-state index in [1.54, 1.807) is 0 Å². The van der Waals surface area contributed by atoms with Crippen LogP contribution in [0.25, 0.3) is 10.8 Å². The van der Waals surface area contributed by atoms with Crippen molar-refractivity contribution in [3.05, 3.63) is 74.8 Å². The van der Waals surface area contributed by atoms with Crippen molar-refractivity contribution in [3.63, 3.8) is 0 Å². The van der Waals surface area contributed by atoms with Crippen LogP contribution >= 0.6 is 0 Å². The molecule has 0 saturated carbocycles. The lowest BCUT2D eigenvalue weighted by Gasteiger charge is -1.92. The minimum absolute atomic E-state index is 1.31. The highest BCUT2D eigenvalue weighted by Gasteiger charge is 1.85. The molecule has 2 aromatic rings. The topological polar surface area (TPSA) is 0 Å². The maximum atomic E-state index is 3.00. The van der Waals surface area contributed by atoms with Gasteiger partial charge in [-0.2, -0.15) is 0 Å². The first-order chi connectivity index (χ1) is 6.97. The molecule has 0 bridgehead atoms. The lowest BCUT2D eigenvalue weighted by molar-refractivity contribution is 1.75. The average Bonchev–Trinajstić information content (AvgIpc) is 2.34. The zero-order valence-corrected chi connectivity index (χ0v) is 8.45. The van der Waals surface area contributed by atoms with Gasteiger partial charge in [0.05, 0.1) is 0 Å². The minimum atomic E-state index is 1.31. The zero-order chi connectivity index (χ0) is 10.8. The predicted octanol–water partition coefficient (Wildman–Crippen LogP) is 4.44. The molecule has 72 valence electrons. The molecule has 0 amide bonds. The van der Waals surface area contributed by atoms with Crippen molar-refractivity contribution in [2.45, 2.75) is 0 Å². The Kier molecular flexibility index (Phi) is 6.79. The summed E-state index contributed by atoms with van der Waals surface area (Å²) in [4.78, 5) is 0. The Labute approximate surface area is 86.2 Å². The van der Waals surface area contributed by atoms with Crippen molar-refractivity contribution in [1.29, 1.82) is 0 Å². The molecule has 14 heavy (non-hydrogen) atoms. The van der Waals surface area contributed by atoms with E-state index >= 15 is 0 Å². The van der Waals surface area contributed by atoms with Gasteiger partial charge in [0.1, 0.15) is 0 Å². The summed E-state index contributed by atoms with van der Waals surface area (Å²) in [5, 5.41) is 2.62. The Morgan fingerprint density at radius 2 is 0.714 bits per heavy atom. The van der Waals surface area contributed by atoms with E-state index in [1.807, 2.05) is 0 Å². The molecule has 0 aliphatic heterocycles. The molecular formula is C14H16. The lowest BCUT2D eigenvalue weighted by Crippen LogP contribution is -1.67. The van der Waals surface area contributed by atoms with Gasteiger partial charge in [-0.1, -0.05) is 48.5 Å². The molecule has 0 nitrogen and oxygen atoms in total. The number of benzene rings is 2. The van der Waals surface area contributed by atoms with Gasteiger partial charge in [0.2, 0.25) is 0 Å². The summed E-state index contributed by atoms with van der Waals surface area (Å²) in [6, 6.07) is 16.7. The molecule has 0 aliphatic carbocycles. The maximum Gasteiger partial charge on any atom is -0.0184 e. The van der Waals surface area contributed by atoms with Gasteiger partial charge in [0.25, 0.3) is 0 Å². The van der Waals surface area contributed by atoms with Crippen LogP contribution in [0.5, 0.6) is 0 Å². The van der Waals surface area contributed by atoms with Crippen LogP contribution in [-0.2, 0) is 0 Å². The second-order valence-electron chi connectivity index (χ2n) is 2.35. The van der Waals surface area contributed by atoms with Crippen molar-refractivity contribution < 1.29 is 0 Å². The number of fused-ring (bicyclic) bond motifs is 1. The average molecular weight is 184 g/mol. The second-order valence-corrected chi connectivity index (χ2v) is 2.35. The Morgan fingerprint density at radius 1 is 0.500 bits per heavy atom. The van der Waals surface area contributed by atoms with Gasteiger partial charge in [-0.05, 0) is 10.8 Å². The Bertz CT molecular complexity index is 296. The van der Waals surface area contributed by atoms with Gasteiger partial charge in [-0.3, -0.25) is 0 Å². The third-order valence-corrected chi connectivity index (χ3v) is 1.66. The third kappa shape index (κ3) is 3.28. The van der Waals surface area contributed by atoms with Crippen LogP contribution in [-0.4, -0.2) is 0 Å². The lowest BCUT2D eigenvalue weighted by atomic mass is 10.1. The molecular weight excluding hydrogens is 168 g/mol. The standard InChI is InChI=1S/C10H8.2C2H4/c1-2-6-10-8-4-3-7-9(10)5-1;2*1-2/h1-8H;2*1-2H2. The monoisotopic (exact) mass is 184 g/mol. The Morgan fingerprint density at radius 3 is 0.929 bits per heavy atom. The van der Waals surface area contributed by atoms with Gasteiger partial charge in [-0.25, -0.2) is 0 Å². The fourth-order valence-corrected chi connectivity index (χ4v) is 1.13. The van der Waals surface area contributed by atoms with Gasteiger partial charge < -0.3 is 0 Å². The molecule has 0 saturated heterocycles. The van der Waals surface area contributed by atoms with Crippen molar-refractivity contribution in [1.82, 2.24) is 0 Å². The molecule has 0 N–H and O–H groups in total. The maximum absolute atomic E-state index is 3.00. The van der Waals surface area contributed by atoms with E-state index in [4.69, 9.17) is 0 Å². The highest BCUT2D eigenvalue weighted by Crippen LogP contribution is 2.11. The molecule has 2 rings (SSSR count). The zero-order valence-electron chi connectivity index (χ0n) is 8.45. The fourth-order valence-electron chi connectivity index (χ4n) is 1.13. The smallest absolute Gasteiger partial charge is 0.0184 e. The molecule has 0 aromatic heterocycles. The molecule has 0 aliphatic rings. The van der Waals surface area contributed by atoms with E-state index in [0.29, 0.717) is 0 Å². The second kappa shape index (κ2) is 7.81. The highest BCUT2D eigenvalue weighted by atomic mass is 13.9. The number of rotatable bonds is 0. The summed E-state index contributed by atoms with van der Waals surface area (Å²) in [7, 11) is 0. The molecule has 2 aromatic carbocycles. The normalized spacial score (nSPS) is 7.71. The van der Waals surface area contributed by atoms with Crippen molar-refractivity contribution >= 4 is 10.8 Å². The van der Waals surface area contributed by atoms with Crippen LogP contribution in [0.4, 0.5) is 0 Å². The Balaban J connectivity index is 0.000000379. The van der Waals surface area contributed by atoms with E-state index in [2.05, 4.69) is 74.8 Å². The van der Waals surface area contributed by atoms with Crippen LogP contribution < -0.4 is 0 Å². The third-order valence-electron chi connectivity index (χ3n) is 1.66. The molecule has 0 spiro atoms. The summed E-state index contributed by atoms with van der Waals surface area (Å²) >= 11 is 0. The first kappa shape index (κ1) is 12.2. The van der Waals surface area contributed by atoms with E-state index in [9.17, 15) is 0 Å². The molecule has 0 heterocycles. The van der Waals surface area contributed by atoms with E-state index in [0.717, 1.165) is 0 Å². The Hall–Kier alpha value is -1.82. The van der Waals surface area contributed by atoms with Crippen molar-refractivity contribution in [2.24, 2.45) is 0 Å². The first-order valence-corrected chi connectivity index (χ1v) is 4.40.